The number of benzene rings is 1. The molecule has 0 radical (unpaired) electrons. The van der Waals surface area contributed by atoms with Gasteiger partial charge in [0.05, 0.1) is 24.0 Å². The summed E-state index contributed by atoms with van der Waals surface area (Å²) >= 11 is 1.44. The Morgan fingerprint density at radius 1 is 1.24 bits per heavy atom. The molecule has 0 aliphatic rings. The first-order valence-electron chi connectivity index (χ1n) is 7.84. The minimum atomic E-state index is -0.193. The third-order valence-electron chi connectivity index (χ3n) is 4.14. The number of fused-ring (bicyclic) bond motifs is 1. The van der Waals surface area contributed by atoms with Crippen LogP contribution < -0.4 is 5.56 Å². The number of aryl methyl sites for hydroxylation is 1. The second-order valence-corrected chi connectivity index (χ2v) is 6.74. The van der Waals surface area contributed by atoms with E-state index < -0.39 is 0 Å². The molecule has 0 bridgehead atoms. The third-order valence-corrected chi connectivity index (χ3v) is 5.02. The molecule has 0 unspecified atom stereocenters. The quantitative estimate of drug-likeness (QED) is 0.572. The smallest absolute Gasteiger partial charge is 0.263 e. The molecule has 0 atom stereocenters. The fourth-order valence-electron chi connectivity index (χ4n) is 2.77. The van der Waals surface area contributed by atoms with E-state index in [0.717, 1.165) is 16.7 Å². The van der Waals surface area contributed by atoms with Crippen LogP contribution in [0.5, 0.6) is 0 Å². The van der Waals surface area contributed by atoms with Crippen molar-refractivity contribution in [3.63, 3.8) is 0 Å². The lowest BCUT2D eigenvalue weighted by Crippen LogP contribution is -2.24. The molecule has 3 heterocycles. The van der Waals surface area contributed by atoms with E-state index in [2.05, 4.69) is 9.97 Å². The van der Waals surface area contributed by atoms with Crippen LogP contribution in [0.15, 0.2) is 59.1 Å². The molecule has 1 N–H and O–H groups in total. The monoisotopic (exact) mass is 349 g/mol. The molecule has 0 saturated carbocycles. The largest absolute Gasteiger partial charge is 0.359 e. The Bertz CT molecular complexity index is 1110. The minimum Gasteiger partial charge on any atom is -0.359 e. The molecular formula is C19H15N3O2S. The average molecular weight is 349 g/mol. The second kappa shape index (κ2) is 6.14. The molecule has 0 aliphatic heterocycles. The van der Waals surface area contributed by atoms with Crippen LogP contribution in [0.1, 0.15) is 16.1 Å². The molecule has 0 aliphatic carbocycles. The Kier molecular flexibility index (Phi) is 3.82. The summed E-state index contributed by atoms with van der Waals surface area (Å²) in [5.41, 5.74) is 3.29. The molecule has 3 aromatic heterocycles. The number of carbonyl (C=O) groups excluding carboxylic acids is 1. The maximum atomic E-state index is 12.9. The first-order valence-corrected chi connectivity index (χ1v) is 8.72. The standard InChI is InChI=1S/C19H15N3O2S/c1-12-4-6-13(7-5-12)14-10-25-18-17(14)19(24)22(11-21-18)9-16(23)15-3-2-8-20-15/h2-8,10-11,20H,9H2,1H3. The van der Waals surface area contributed by atoms with Gasteiger partial charge in [0.25, 0.3) is 5.56 Å². The zero-order valence-electron chi connectivity index (χ0n) is 13.5. The first-order chi connectivity index (χ1) is 12.1. The fraction of sp³-hybridized carbons (Fsp3) is 0.105. The summed E-state index contributed by atoms with van der Waals surface area (Å²) in [6.45, 7) is 1.99. The van der Waals surface area contributed by atoms with Crippen molar-refractivity contribution < 1.29 is 4.79 Å². The number of ketones is 1. The van der Waals surface area contributed by atoms with Crippen molar-refractivity contribution in [3.8, 4) is 11.1 Å². The number of hydrogen-bond donors (Lipinski definition) is 1. The van der Waals surface area contributed by atoms with Gasteiger partial charge in [-0.15, -0.1) is 11.3 Å². The topological polar surface area (TPSA) is 67.8 Å². The van der Waals surface area contributed by atoms with E-state index in [4.69, 9.17) is 0 Å². The Hall–Kier alpha value is -2.99. The molecule has 124 valence electrons. The predicted octanol–water partition coefficient (Wildman–Crippen LogP) is 3.64. The van der Waals surface area contributed by atoms with Crippen molar-refractivity contribution in [1.82, 2.24) is 14.5 Å². The van der Waals surface area contributed by atoms with Gasteiger partial charge in [0.1, 0.15) is 4.83 Å². The van der Waals surface area contributed by atoms with Crippen molar-refractivity contribution in [2.75, 3.05) is 0 Å². The van der Waals surface area contributed by atoms with Crippen molar-refractivity contribution in [1.29, 1.82) is 0 Å². The highest BCUT2D eigenvalue weighted by atomic mass is 32.1. The van der Waals surface area contributed by atoms with E-state index in [1.54, 1.807) is 18.3 Å². The van der Waals surface area contributed by atoms with Gasteiger partial charge in [-0.3, -0.25) is 14.2 Å². The van der Waals surface area contributed by atoms with Gasteiger partial charge < -0.3 is 4.98 Å². The summed E-state index contributed by atoms with van der Waals surface area (Å²) in [5, 5.41) is 2.51. The Balaban J connectivity index is 1.79. The number of carbonyl (C=O) groups is 1. The predicted molar refractivity (Wildman–Crippen MR) is 99.2 cm³/mol. The zero-order valence-corrected chi connectivity index (χ0v) is 14.3. The SMILES string of the molecule is Cc1ccc(-c2csc3ncn(CC(=O)c4ccc[nH]4)c(=O)c23)cc1. The van der Waals surface area contributed by atoms with Crippen molar-refractivity contribution in [3.05, 3.63) is 75.9 Å². The molecule has 6 heteroatoms. The lowest BCUT2D eigenvalue weighted by molar-refractivity contribution is 0.0966. The van der Waals surface area contributed by atoms with Crippen LogP contribution in [-0.4, -0.2) is 20.3 Å². The van der Waals surface area contributed by atoms with Gasteiger partial charge in [0.2, 0.25) is 0 Å². The molecule has 25 heavy (non-hydrogen) atoms. The molecule has 5 nitrogen and oxygen atoms in total. The van der Waals surface area contributed by atoms with Crippen LogP contribution in [0, 0.1) is 6.92 Å². The number of nitrogens with one attached hydrogen (secondary N) is 1. The highest BCUT2D eigenvalue weighted by Gasteiger charge is 2.15. The van der Waals surface area contributed by atoms with Gasteiger partial charge in [-0.2, -0.15) is 0 Å². The normalized spacial score (nSPS) is 11.1. The van der Waals surface area contributed by atoms with Gasteiger partial charge in [-0.25, -0.2) is 4.98 Å². The van der Waals surface area contributed by atoms with E-state index in [1.165, 1.54) is 22.2 Å². The van der Waals surface area contributed by atoms with Crippen LogP contribution in [0.3, 0.4) is 0 Å². The maximum Gasteiger partial charge on any atom is 0.263 e. The first kappa shape index (κ1) is 15.5. The molecule has 0 fully saturated rings. The number of nitrogens with zero attached hydrogens (tertiary/aromatic N) is 2. The summed E-state index contributed by atoms with van der Waals surface area (Å²) in [4.78, 5) is 33.1. The number of rotatable bonds is 4. The lowest BCUT2D eigenvalue weighted by atomic mass is 10.1. The van der Waals surface area contributed by atoms with E-state index in [9.17, 15) is 9.59 Å². The Morgan fingerprint density at radius 2 is 2.04 bits per heavy atom. The Morgan fingerprint density at radius 3 is 2.76 bits per heavy atom. The summed E-state index contributed by atoms with van der Waals surface area (Å²) in [5.74, 6) is -0.152. The summed E-state index contributed by atoms with van der Waals surface area (Å²) in [6, 6.07) is 11.5. The number of aromatic amines is 1. The van der Waals surface area contributed by atoms with Crippen LogP contribution in [0.4, 0.5) is 0 Å². The van der Waals surface area contributed by atoms with E-state index in [-0.39, 0.29) is 17.9 Å². The molecule has 0 amide bonds. The molecule has 4 rings (SSSR count). The molecule has 0 saturated heterocycles. The highest BCUT2D eigenvalue weighted by molar-refractivity contribution is 7.17. The summed E-state index contributed by atoms with van der Waals surface area (Å²) < 4.78 is 1.37. The zero-order chi connectivity index (χ0) is 17.4. The highest BCUT2D eigenvalue weighted by Crippen LogP contribution is 2.30. The number of aromatic nitrogens is 3. The molecule has 1 aromatic carbocycles. The van der Waals surface area contributed by atoms with Gasteiger partial charge in [0.15, 0.2) is 5.78 Å². The van der Waals surface area contributed by atoms with E-state index in [0.29, 0.717) is 15.9 Å². The van der Waals surface area contributed by atoms with E-state index in [1.807, 2.05) is 36.6 Å². The minimum absolute atomic E-state index is 0.0362. The number of thiophene rings is 1. The third kappa shape index (κ3) is 2.81. The Labute approximate surface area is 147 Å². The van der Waals surface area contributed by atoms with Crippen LogP contribution in [-0.2, 0) is 6.54 Å². The van der Waals surface area contributed by atoms with Crippen molar-refractivity contribution in [2.45, 2.75) is 13.5 Å². The van der Waals surface area contributed by atoms with Crippen LogP contribution in [0.25, 0.3) is 21.3 Å². The van der Waals surface area contributed by atoms with Gasteiger partial charge >= 0.3 is 0 Å². The van der Waals surface area contributed by atoms with Crippen LogP contribution >= 0.6 is 11.3 Å². The molecule has 4 aromatic rings. The van der Waals surface area contributed by atoms with Crippen molar-refractivity contribution >= 4 is 27.3 Å². The number of hydrogen-bond acceptors (Lipinski definition) is 4. The average Bonchev–Trinajstić information content (AvgIpc) is 3.28. The maximum absolute atomic E-state index is 12.9. The lowest BCUT2D eigenvalue weighted by Gasteiger charge is -2.05. The summed E-state index contributed by atoms with van der Waals surface area (Å²) in [6.07, 6.45) is 3.13. The second-order valence-electron chi connectivity index (χ2n) is 5.88. The van der Waals surface area contributed by atoms with Gasteiger partial charge in [-0.1, -0.05) is 29.8 Å². The van der Waals surface area contributed by atoms with Gasteiger partial charge in [-0.05, 0) is 24.6 Å². The molecule has 0 spiro atoms. The van der Waals surface area contributed by atoms with Crippen molar-refractivity contribution in [2.24, 2.45) is 0 Å². The van der Waals surface area contributed by atoms with Crippen LogP contribution in [0.2, 0.25) is 0 Å². The van der Waals surface area contributed by atoms with E-state index >= 15 is 0 Å². The molecular weight excluding hydrogens is 334 g/mol. The fourth-order valence-corrected chi connectivity index (χ4v) is 3.68. The summed E-state index contributed by atoms with van der Waals surface area (Å²) in [7, 11) is 0. The number of H-pyrrole nitrogens is 1. The number of Topliss-reactive ketones (excluding diaryl/α,β-unsaturated/α-hetero) is 1. The van der Waals surface area contributed by atoms with Gasteiger partial charge in [0, 0.05) is 17.1 Å².